The molecule has 7 heteroatoms. The van der Waals surface area contributed by atoms with Crippen molar-refractivity contribution in [3.05, 3.63) is 12.5 Å². The third-order valence-corrected chi connectivity index (χ3v) is 3.05. The fourth-order valence-corrected chi connectivity index (χ4v) is 1.89. The second-order valence-corrected chi connectivity index (χ2v) is 4.82. The molecule has 7 nitrogen and oxygen atoms in total. The molecular formula is C12H17N5O2. The molecule has 19 heavy (non-hydrogen) atoms. The molecule has 102 valence electrons. The Morgan fingerprint density at radius 2 is 2.21 bits per heavy atom. The molecule has 2 aromatic heterocycles. The normalized spacial score (nSPS) is 12.8. The van der Waals surface area contributed by atoms with E-state index in [0.29, 0.717) is 5.82 Å². The average molecular weight is 263 g/mol. The summed E-state index contributed by atoms with van der Waals surface area (Å²) < 4.78 is 1.66. The summed E-state index contributed by atoms with van der Waals surface area (Å²) in [5.74, 6) is -0.0291. The number of anilines is 1. The Morgan fingerprint density at radius 3 is 2.84 bits per heavy atom. The van der Waals surface area contributed by atoms with Crippen LogP contribution in [0.3, 0.4) is 0 Å². The second kappa shape index (κ2) is 5.21. The molecule has 2 N–H and O–H groups in total. The van der Waals surface area contributed by atoms with Gasteiger partial charge in [0.15, 0.2) is 5.65 Å². The van der Waals surface area contributed by atoms with Gasteiger partial charge in [-0.15, -0.1) is 0 Å². The van der Waals surface area contributed by atoms with Crippen molar-refractivity contribution < 1.29 is 9.90 Å². The SMILES string of the molecule is CC(C)C(CC(=O)O)Nc1ncnc2c1cnn2C. The van der Waals surface area contributed by atoms with E-state index in [0.717, 1.165) is 11.0 Å². The Hall–Kier alpha value is -2.18. The van der Waals surface area contributed by atoms with E-state index < -0.39 is 5.97 Å². The Labute approximate surface area is 110 Å². The van der Waals surface area contributed by atoms with Gasteiger partial charge in [0.25, 0.3) is 0 Å². The number of aromatic nitrogens is 4. The third kappa shape index (κ3) is 2.81. The summed E-state index contributed by atoms with van der Waals surface area (Å²) in [5, 5.41) is 17.0. The highest BCUT2D eigenvalue weighted by molar-refractivity contribution is 5.86. The van der Waals surface area contributed by atoms with Crippen molar-refractivity contribution in [1.29, 1.82) is 0 Å². The van der Waals surface area contributed by atoms with Gasteiger partial charge in [-0.1, -0.05) is 13.8 Å². The van der Waals surface area contributed by atoms with Gasteiger partial charge < -0.3 is 10.4 Å². The maximum Gasteiger partial charge on any atom is 0.305 e. The lowest BCUT2D eigenvalue weighted by Gasteiger charge is -2.21. The first-order valence-corrected chi connectivity index (χ1v) is 6.10. The molecule has 1 unspecified atom stereocenters. The molecular weight excluding hydrogens is 246 g/mol. The topological polar surface area (TPSA) is 92.9 Å². The van der Waals surface area contributed by atoms with Gasteiger partial charge in [0.2, 0.25) is 0 Å². The van der Waals surface area contributed by atoms with E-state index >= 15 is 0 Å². The van der Waals surface area contributed by atoms with Gasteiger partial charge >= 0.3 is 5.97 Å². The lowest BCUT2D eigenvalue weighted by Crippen LogP contribution is -2.29. The fourth-order valence-electron chi connectivity index (χ4n) is 1.89. The molecule has 0 aliphatic rings. The second-order valence-electron chi connectivity index (χ2n) is 4.82. The largest absolute Gasteiger partial charge is 0.481 e. The van der Waals surface area contributed by atoms with Crippen molar-refractivity contribution in [2.75, 3.05) is 5.32 Å². The zero-order valence-corrected chi connectivity index (χ0v) is 11.2. The number of nitrogens with one attached hydrogen (secondary N) is 1. The first-order valence-electron chi connectivity index (χ1n) is 6.10. The quantitative estimate of drug-likeness (QED) is 0.844. The number of nitrogens with zero attached hydrogens (tertiary/aromatic N) is 4. The summed E-state index contributed by atoms with van der Waals surface area (Å²) >= 11 is 0. The molecule has 0 bridgehead atoms. The van der Waals surface area contributed by atoms with E-state index in [9.17, 15) is 4.79 Å². The van der Waals surface area contributed by atoms with Crippen molar-refractivity contribution in [3.63, 3.8) is 0 Å². The molecule has 0 spiro atoms. The maximum absolute atomic E-state index is 10.9. The Kier molecular flexibility index (Phi) is 3.64. The van der Waals surface area contributed by atoms with Gasteiger partial charge in [-0.3, -0.25) is 9.48 Å². The van der Waals surface area contributed by atoms with Gasteiger partial charge in [0.1, 0.15) is 12.1 Å². The number of carboxylic acid groups (broad SMARTS) is 1. The maximum atomic E-state index is 10.9. The van der Waals surface area contributed by atoms with Crippen LogP contribution in [0.2, 0.25) is 0 Å². The summed E-state index contributed by atoms with van der Waals surface area (Å²) in [6, 6.07) is -0.184. The number of aliphatic carboxylic acids is 1. The minimum absolute atomic E-state index is 0.0451. The van der Waals surface area contributed by atoms with Crippen LogP contribution in [0.4, 0.5) is 5.82 Å². The number of aryl methyl sites for hydroxylation is 1. The monoisotopic (exact) mass is 263 g/mol. The molecule has 0 amide bonds. The number of hydrogen-bond donors (Lipinski definition) is 2. The smallest absolute Gasteiger partial charge is 0.305 e. The van der Waals surface area contributed by atoms with Crippen LogP contribution in [-0.2, 0) is 11.8 Å². The van der Waals surface area contributed by atoms with Crippen molar-refractivity contribution in [3.8, 4) is 0 Å². The van der Waals surface area contributed by atoms with E-state index in [2.05, 4.69) is 20.4 Å². The van der Waals surface area contributed by atoms with Crippen LogP contribution >= 0.6 is 0 Å². The van der Waals surface area contributed by atoms with Gasteiger partial charge in [-0.2, -0.15) is 5.10 Å². The van der Waals surface area contributed by atoms with Gasteiger partial charge in [0.05, 0.1) is 18.0 Å². The van der Waals surface area contributed by atoms with Gasteiger partial charge in [-0.05, 0) is 5.92 Å². The predicted octanol–water partition coefficient (Wildman–Crippen LogP) is 1.27. The first kappa shape index (κ1) is 13.3. The fraction of sp³-hybridized carbons (Fsp3) is 0.500. The first-order chi connectivity index (χ1) is 8.99. The van der Waals surface area contributed by atoms with Crippen LogP contribution in [0.1, 0.15) is 20.3 Å². The number of carbonyl (C=O) groups is 1. The zero-order chi connectivity index (χ0) is 14.0. The van der Waals surface area contributed by atoms with E-state index in [4.69, 9.17) is 5.11 Å². The number of hydrogen-bond acceptors (Lipinski definition) is 5. The lowest BCUT2D eigenvalue weighted by atomic mass is 10.0. The molecule has 1 atom stereocenters. The molecule has 0 fully saturated rings. The number of fused-ring (bicyclic) bond motifs is 1. The van der Waals surface area contributed by atoms with Gasteiger partial charge in [0, 0.05) is 13.1 Å². The Balaban J connectivity index is 2.31. The molecule has 0 aliphatic carbocycles. The van der Waals surface area contributed by atoms with E-state index in [1.807, 2.05) is 13.8 Å². The predicted molar refractivity (Wildman–Crippen MR) is 70.8 cm³/mol. The van der Waals surface area contributed by atoms with E-state index in [-0.39, 0.29) is 18.4 Å². The van der Waals surface area contributed by atoms with E-state index in [1.165, 1.54) is 6.33 Å². The molecule has 2 heterocycles. The molecule has 0 radical (unpaired) electrons. The summed E-state index contributed by atoms with van der Waals surface area (Å²) in [5.41, 5.74) is 0.718. The lowest BCUT2D eigenvalue weighted by molar-refractivity contribution is -0.137. The van der Waals surface area contributed by atoms with Crippen LogP contribution in [0.5, 0.6) is 0 Å². The highest BCUT2D eigenvalue weighted by atomic mass is 16.4. The van der Waals surface area contributed by atoms with Crippen molar-refractivity contribution in [1.82, 2.24) is 19.7 Å². The minimum Gasteiger partial charge on any atom is -0.481 e. The standard InChI is InChI=1S/C12H17N5O2/c1-7(2)9(4-10(18)19)16-11-8-5-15-17(3)12(8)14-6-13-11/h5-7,9H,4H2,1-3H3,(H,18,19)(H,13,14,16). The minimum atomic E-state index is -0.831. The Morgan fingerprint density at radius 1 is 1.47 bits per heavy atom. The summed E-state index contributed by atoms with van der Waals surface area (Å²) in [7, 11) is 1.80. The highest BCUT2D eigenvalue weighted by Crippen LogP contribution is 2.21. The van der Waals surface area contributed by atoms with Crippen LogP contribution in [0, 0.1) is 5.92 Å². The highest BCUT2D eigenvalue weighted by Gasteiger charge is 2.19. The van der Waals surface area contributed by atoms with E-state index in [1.54, 1.807) is 17.9 Å². The van der Waals surface area contributed by atoms with Crippen molar-refractivity contribution in [2.45, 2.75) is 26.3 Å². The number of carboxylic acids is 1. The van der Waals surface area contributed by atoms with Crippen LogP contribution in [0.25, 0.3) is 11.0 Å². The molecule has 0 aliphatic heterocycles. The molecule has 0 saturated carbocycles. The molecule has 0 saturated heterocycles. The summed E-state index contributed by atoms with van der Waals surface area (Å²) in [4.78, 5) is 19.2. The van der Waals surface area contributed by atoms with Crippen LogP contribution < -0.4 is 5.32 Å². The van der Waals surface area contributed by atoms with Crippen molar-refractivity contribution in [2.24, 2.45) is 13.0 Å². The third-order valence-electron chi connectivity index (χ3n) is 3.05. The zero-order valence-electron chi connectivity index (χ0n) is 11.2. The van der Waals surface area contributed by atoms with Crippen LogP contribution in [-0.4, -0.2) is 36.9 Å². The molecule has 0 aromatic carbocycles. The Bertz CT molecular complexity index is 593. The van der Waals surface area contributed by atoms with Crippen molar-refractivity contribution >= 4 is 22.8 Å². The molecule has 2 rings (SSSR count). The van der Waals surface area contributed by atoms with Crippen LogP contribution in [0.15, 0.2) is 12.5 Å². The summed E-state index contributed by atoms with van der Waals surface area (Å²) in [6.07, 6.45) is 3.17. The summed E-state index contributed by atoms with van der Waals surface area (Å²) in [6.45, 7) is 3.95. The van der Waals surface area contributed by atoms with Gasteiger partial charge in [-0.25, -0.2) is 9.97 Å². The average Bonchev–Trinajstić information content (AvgIpc) is 2.71. The molecule has 2 aromatic rings. The number of rotatable bonds is 5.